The fraction of sp³-hybridized carbons (Fsp3) is 0.385. The quantitative estimate of drug-likeness (QED) is 0.158. The van der Waals surface area contributed by atoms with E-state index in [4.69, 9.17) is 5.73 Å². The van der Waals surface area contributed by atoms with Gasteiger partial charge >= 0.3 is 5.97 Å². The number of hydrogen-bond acceptors (Lipinski definition) is 8. The Balaban J connectivity index is 2.28. The maximum atomic E-state index is 13.4. The standard InChI is InChI=1S/C26H34N4O7S/c1-38-12-11-19(27)23(33)28-20(14-17-7-9-18(32)10-8-17)24(34)29-21(13-16-5-3-2-4-6-16)25(35)30-22(15-31)26(36)37/h2-10,19-22,31-32H,11-15,27H2,1H3,(H,28,33)(H,29,34)(H,30,35)(H,36,37). The molecule has 0 saturated carbocycles. The van der Waals surface area contributed by atoms with Gasteiger partial charge in [0.05, 0.1) is 12.6 Å². The Hall–Kier alpha value is -3.61. The number of aromatic hydroxyl groups is 1. The van der Waals surface area contributed by atoms with E-state index in [0.717, 1.165) is 0 Å². The lowest BCUT2D eigenvalue weighted by Gasteiger charge is -2.25. The third-order valence-corrected chi connectivity index (χ3v) is 6.34. The van der Waals surface area contributed by atoms with Gasteiger partial charge in [-0.15, -0.1) is 0 Å². The third kappa shape index (κ3) is 10.0. The van der Waals surface area contributed by atoms with Gasteiger partial charge in [-0.1, -0.05) is 42.5 Å². The maximum Gasteiger partial charge on any atom is 0.328 e. The summed E-state index contributed by atoms with van der Waals surface area (Å²) >= 11 is 1.53. The number of rotatable bonds is 15. The van der Waals surface area contributed by atoms with Crippen LogP contribution in [0.2, 0.25) is 0 Å². The van der Waals surface area contributed by atoms with Gasteiger partial charge in [-0.05, 0) is 41.7 Å². The van der Waals surface area contributed by atoms with Crippen molar-refractivity contribution in [1.82, 2.24) is 16.0 Å². The lowest BCUT2D eigenvalue weighted by molar-refractivity contribution is -0.143. The number of thioether (sulfide) groups is 1. The molecule has 0 bridgehead atoms. The molecular formula is C26H34N4O7S. The van der Waals surface area contributed by atoms with Crippen LogP contribution in [0.25, 0.3) is 0 Å². The number of nitrogens with one attached hydrogen (secondary N) is 3. The van der Waals surface area contributed by atoms with E-state index >= 15 is 0 Å². The van der Waals surface area contributed by atoms with E-state index in [0.29, 0.717) is 23.3 Å². The lowest BCUT2D eigenvalue weighted by atomic mass is 10.0. The highest BCUT2D eigenvalue weighted by atomic mass is 32.2. The molecule has 0 radical (unpaired) electrons. The van der Waals surface area contributed by atoms with Crippen molar-refractivity contribution in [2.45, 2.75) is 43.4 Å². The molecule has 2 rings (SSSR count). The summed E-state index contributed by atoms with van der Waals surface area (Å²) in [4.78, 5) is 50.5. The second-order valence-corrected chi connectivity index (χ2v) is 9.64. The second-order valence-electron chi connectivity index (χ2n) is 8.65. The van der Waals surface area contributed by atoms with Gasteiger partial charge in [-0.2, -0.15) is 11.8 Å². The van der Waals surface area contributed by atoms with E-state index in [1.165, 1.54) is 23.9 Å². The number of carboxylic acid groups (broad SMARTS) is 1. The van der Waals surface area contributed by atoms with Crippen LogP contribution in [-0.2, 0) is 32.0 Å². The molecule has 0 aliphatic carbocycles. The van der Waals surface area contributed by atoms with Crippen LogP contribution in [0.3, 0.4) is 0 Å². The smallest absolute Gasteiger partial charge is 0.328 e. The van der Waals surface area contributed by atoms with E-state index in [1.807, 2.05) is 6.26 Å². The van der Waals surface area contributed by atoms with Crippen LogP contribution in [0.1, 0.15) is 17.5 Å². The number of nitrogens with two attached hydrogens (primary N) is 1. The first-order valence-corrected chi connectivity index (χ1v) is 13.3. The highest BCUT2D eigenvalue weighted by Crippen LogP contribution is 2.12. The predicted octanol–water partition coefficient (Wildman–Crippen LogP) is -0.211. The number of aliphatic hydroxyl groups excluding tert-OH is 1. The first kappa shape index (κ1) is 30.6. The molecule has 11 nitrogen and oxygen atoms in total. The molecule has 4 unspecified atom stereocenters. The van der Waals surface area contributed by atoms with Crippen molar-refractivity contribution in [2.24, 2.45) is 5.73 Å². The lowest BCUT2D eigenvalue weighted by Crippen LogP contribution is -2.58. The summed E-state index contributed by atoms with van der Waals surface area (Å²) in [6, 6.07) is 10.1. The van der Waals surface area contributed by atoms with E-state index in [9.17, 15) is 34.5 Å². The van der Waals surface area contributed by atoms with Crippen LogP contribution < -0.4 is 21.7 Å². The van der Waals surface area contributed by atoms with E-state index < -0.39 is 54.5 Å². The number of amides is 3. The van der Waals surface area contributed by atoms with Gasteiger partial charge in [0.15, 0.2) is 0 Å². The largest absolute Gasteiger partial charge is 0.508 e. The Morgan fingerprint density at radius 3 is 1.82 bits per heavy atom. The Morgan fingerprint density at radius 1 is 0.816 bits per heavy atom. The zero-order valence-electron chi connectivity index (χ0n) is 21.0. The normalized spacial score (nSPS) is 14.0. The summed E-state index contributed by atoms with van der Waals surface area (Å²) in [5.74, 6) is -2.77. The first-order chi connectivity index (χ1) is 18.1. The average Bonchev–Trinajstić information content (AvgIpc) is 2.90. The number of phenols is 1. The Morgan fingerprint density at radius 2 is 1.32 bits per heavy atom. The van der Waals surface area contributed by atoms with Crippen molar-refractivity contribution in [2.75, 3.05) is 18.6 Å². The van der Waals surface area contributed by atoms with Crippen molar-refractivity contribution < 1.29 is 34.5 Å². The Labute approximate surface area is 225 Å². The Kier molecular flexibility index (Phi) is 12.6. The number of aliphatic hydroxyl groups is 1. The van der Waals surface area contributed by atoms with Gasteiger partial charge in [-0.25, -0.2) is 4.79 Å². The highest BCUT2D eigenvalue weighted by Gasteiger charge is 2.30. The van der Waals surface area contributed by atoms with Crippen LogP contribution in [0.5, 0.6) is 5.75 Å². The first-order valence-electron chi connectivity index (χ1n) is 12.0. The number of benzene rings is 2. The number of phenolic OH excluding ortho intramolecular Hbond substituents is 1. The number of hydrogen-bond donors (Lipinski definition) is 7. The molecule has 0 aromatic heterocycles. The number of carbonyl (C=O) groups excluding carboxylic acids is 3. The SMILES string of the molecule is CSCCC(N)C(=O)NC(Cc1ccc(O)cc1)C(=O)NC(Cc1ccccc1)C(=O)NC(CO)C(=O)O. The maximum absolute atomic E-state index is 13.4. The van der Waals surface area contributed by atoms with Gasteiger partial charge in [0.25, 0.3) is 0 Å². The molecule has 38 heavy (non-hydrogen) atoms. The number of carbonyl (C=O) groups is 4. The van der Waals surface area contributed by atoms with Gasteiger partial charge < -0.3 is 37.0 Å². The minimum absolute atomic E-state index is 0.0310. The van der Waals surface area contributed by atoms with Crippen molar-refractivity contribution in [3.05, 3.63) is 65.7 Å². The molecule has 3 amide bonds. The minimum atomic E-state index is -1.56. The molecule has 2 aromatic rings. The molecule has 206 valence electrons. The van der Waals surface area contributed by atoms with E-state index in [1.54, 1.807) is 42.5 Å². The molecule has 0 fully saturated rings. The van der Waals surface area contributed by atoms with Crippen molar-refractivity contribution in [3.8, 4) is 5.75 Å². The average molecular weight is 547 g/mol. The summed E-state index contributed by atoms with van der Waals surface area (Å²) in [6.45, 7) is -0.833. The summed E-state index contributed by atoms with van der Waals surface area (Å²) < 4.78 is 0. The van der Waals surface area contributed by atoms with Gasteiger partial charge in [0.2, 0.25) is 17.7 Å². The van der Waals surface area contributed by atoms with E-state index in [2.05, 4.69) is 16.0 Å². The highest BCUT2D eigenvalue weighted by molar-refractivity contribution is 7.98. The van der Waals surface area contributed by atoms with E-state index in [-0.39, 0.29) is 18.6 Å². The van der Waals surface area contributed by atoms with Gasteiger partial charge in [0, 0.05) is 12.8 Å². The van der Waals surface area contributed by atoms with Crippen molar-refractivity contribution >= 4 is 35.5 Å². The third-order valence-electron chi connectivity index (χ3n) is 5.69. The van der Waals surface area contributed by atoms with Crippen LogP contribution in [0.15, 0.2) is 54.6 Å². The molecule has 0 saturated heterocycles. The van der Waals surface area contributed by atoms with Gasteiger partial charge in [-0.3, -0.25) is 14.4 Å². The topological polar surface area (TPSA) is 191 Å². The second kappa shape index (κ2) is 15.6. The summed E-state index contributed by atoms with van der Waals surface area (Å²) in [5.41, 5.74) is 7.31. The minimum Gasteiger partial charge on any atom is -0.508 e. The Bertz CT molecular complexity index is 1070. The molecule has 0 heterocycles. The molecule has 0 aliphatic rings. The molecule has 12 heteroatoms. The molecule has 0 aliphatic heterocycles. The van der Waals surface area contributed by atoms with Crippen LogP contribution in [0, 0.1) is 0 Å². The fourth-order valence-corrected chi connectivity index (χ4v) is 4.01. The molecule has 0 spiro atoms. The van der Waals surface area contributed by atoms with Crippen LogP contribution in [0.4, 0.5) is 0 Å². The zero-order chi connectivity index (χ0) is 28.1. The number of carboxylic acids is 1. The van der Waals surface area contributed by atoms with Crippen LogP contribution in [-0.4, -0.2) is 81.8 Å². The molecule has 4 atom stereocenters. The van der Waals surface area contributed by atoms with Crippen molar-refractivity contribution in [1.29, 1.82) is 0 Å². The zero-order valence-corrected chi connectivity index (χ0v) is 21.8. The molecule has 2 aromatic carbocycles. The van der Waals surface area contributed by atoms with Crippen LogP contribution >= 0.6 is 11.8 Å². The molecule has 8 N–H and O–H groups in total. The molecular weight excluding hydrogens is 512 g/mol. The summed E-state index contributed by atoms with van der Waals surface area (Å²) in [7, 11) is 0. The fourth-order valence-electron chi connectivity index (χ4n) is 3.52. The number of aliphatic carboxylic acids is 1. The van der Waals surface area contributed by atoms with Gasteiger partial charge in [0.1, 0.15) is 23.9 Å². The summed E-state index contributed by atoms with van der Waals surface area (Å²) in [6.07, 6.45) is 2.36. The summed E-state index contributed by atoms with van der Waals surface area (Å²) in [5, 5.41) is 35.6. The predicted molar refractivity (Wildman–Crippen MR) is 143 cm³/mol. The monoisotopic (exact) mass is 546 g/mol. The van der Waals surface area contributed by atoms with Crippen molar-refractivity contribution in [3.63, 3.8) is 0 Å².